The van der Waals surface area contributed by atoms with Crippen LogP contribution in [0.3, 0.4) is 0 Å². The Labute approximate surface area is 727 Å². The fraction of sp³-hybridized carbons (Fsp3) is 1.00. The molecule has 0 rings (SSSR count). The molecule has 0 saturated heterocycles. The van der Waals surface area contributed by atoms with Crippen LogP contribution in [0.25, 0.3) is 0 Å². The minimum Gasteiger partial charge on any atom is -0.385 e. The predicted molar refractivity (Wildman–Crippen MR) is 435 cm³/mol. The molecule has 40 heteroatoms. The van der Waals surface area contributed by atoms with Crippen LogP contribution in [0.2, 0.25) is 0 Å². The summed E-state index contributed by atoms with van der Waals surface area (Å²) in [5.41, 5.74) is 0. The van der Waals surface area contributed by atoms with Crippen molar-refractivity contribution in [3.63, 3.8) is 0 Å². The normalized spacial score (nSPS) is 11.9. The highest BCUT2D eigenvalue weighted by Gasteiger charge is 2.06. The van der Waals surface area contributed by atoms with Gasteiger partial charge in [0.05, 0.1) is 251 Å². The third-order valence-corrected chi connectivity index (χ3v) is 15.9. The van der Waals surface area contributed by atoms with Gasteiger partial charge in [-0.3, -0.25) is 0 Å². The molecule has 0 heterocycles. The number of hydrogen-bond donors (Lipinski definition) is 0. The van der Waals surface area contributed by atoms with Crippen LogP contribution in [0.5, 0.6) is 0 Å². The Bertz CT molecular complexity index is 1570. The zero-order valence-corrected chi connectivity index (χ0v) is 74.9. The van der Waals surface area contributed by atoms with E-state index in [1.165, 1.54) is 0 Å². The lowest BCUT2D eigenvalue weighted by molar-refractivity contribution is -0.312. The molecule has 0 aromatic rings. The van der Waals surface area contributed by atoms with Gasteiger partial charge in [0.15, 0.2) is 0 Å². The summed E-state index contributed by atoms with van der Waals surface area (Å²) in [7, 11) is 3.38. The molecule has 0 bridgehead atoms. The quantitative estimate of drug-likeness (QED) is 0.0310. The molecule has 0 radical (unpaired) electrons. The Morgan fingerprint density at radius 3 is 0.148 bits per heavy atom. The van der Waals surface area contributed by atoms with E-state index < -0.39 is 0 Å². The van der Waals surface area contributed by atoms with Crippen LogP contribution in [0.1, 0.15) is 257 Å². The molecule has 0 aromatic carbocycles. The van der Waals surface area contributed by atoms with Crippen LogP contribution in [-0.4, -0.2) is 278 Å². The maximum absolute atomic E-state index is 5.24. The average molecular weight is 1790 g/mol. The van der Waals surface area contributed by atoms with Crippen molar-refractivity contribution >= 4 is 0 Å². The largest absolute Gasteiger partial charge is 0.385 e. The van der Waals surface area contributed by atoms with Crippen LogP contribution in [0.4, 0.5) is 0 Å². The first-order chi connectivity index (χ1) is 60.9. The van der Waals surface area contributed by atoms with Crippen molar-refractivity contribution in [2.45, 2.75) is 257 Å². The Morgan fingerprint density at radius 1 is 0.0656 bits per heavy atom. The van der Waals surface area contributed by atoms with E-state index in [0.29, 0.717) is 251 Å². The summed E-state index contributed by atoms with van der Waals surface area (Å²) in [5.74, 6) is 0. The number of methoxy groups -OCH3 is 2. The predicted octanol–water partition coefficient (Wildman–Crippen LogP) is 14.9. The molecule has 0 aliphatic rings. The molecule has 0 aliphatic carbocycles. The monoisotopic (exact) mass is 1790 g/mol. The van der Waals surface area contributed by atoms with Gasteiger partial charge in [0.2, 0.25) is 0 Å². The Hall–Kier alpha value is -1.60. The molecule has 0 amide bonds. The molecule has 0 unspecified atom stereocenters. The van der Waals surface area contributed by atoms with Gasteiger partial charge in [-0.25, -0.2) is 186 Å². The van der Waals surface area contributed by atoms with Gasteiger partial charge in [-0.15, -0.1) is 0 Å². The SMILES string of the molecule is COCCCCOOCCCCOOCCCCOOCCCCOOCCCCOOCCCCOOCCCCOOCCCCOOCCCCOOCCCCOOCCCCOOCCCCOOCCCCOOCCCCOOCCCCOOCCCCOOCCCCOOCCCCOOCCCCOOCCCCOC. The summed E-state index contributed by atoms with van der Waals surface area (Å²) < 4.78 is 9.98. The van der Waals surface area contributed by atoms with E-state index in [2.05, 4.69) is 0 Å². The van der Waals surface area contributed by atoms with Gasteiger partial charge in [0, 0.05) is 27.4 Å². The molecule has 40 nitrogen and oxygen atoms in total. The van der Waals surface area contributed by atoms with Gasteiger partial charge in [-0.05, 0) is 257 Å². The Kier molecular flexibility index (Phi) is 118. The molecule has 122 heavy (non-hydrogen) atoms. The van der Waals surface area contributed by atoms with E-state index in [1.54, 1.807) is 14.2 Å². The highest BCUT2D eigenvalue weighted by Crippen LogP contribution is 2.08. The van der Waals surface area contributed by atoms with Crippen molar-refractivity contribution < 1.29 is 195 Å². The van der Waals surface area contributed by atoms with Crippen molar-refractivity contribution in [3.8, 4) is 0 Å². The fourth-order valence-electron chi connectivity index (χ4n) is 8.85. The van der Waals surface area contributed by atoms with Crippen LogP contribution in [0.15, 0.2) is 0 Å². The Morgan fingerprint density at radius 2 is 0.107 bits per heavy atom. The third kappa shape index (κ3) is 118. The zero-order chi connectivity index (χ0) is 86.9. The first kappa shape index (κ1) is 120. The fourth-order valence-corrected chi connectivity index (χ4v) is 8.85. The van der Waals surface area contributed by atoms with Gasteiger partial charge in [0.25, 0.3) is 0 Å². The summed E-state index contributed by atoms with van der Waals surface area (Å²) >= 11 is 0. The van der Waals surface area contributed by atoms with Crippen molar-refractivity contribution in [1.82, 2.24) is 0 Å². The maximum Gasteiger partial charge on any atom is 0.0823 e. The molecule has 0 aromatic heterocycles. The van der Waals surface area contributed by atoms with Gasteiger partial charge in [-0.2, -0.15) is 0 Å². The molecule has 0 aliphatic heterocycles. The summed E-state index contributed by atoms with van der Waals surface area (Å²) in [6, 6.07) is 0. The standard InChI is InChI=1S/C82H166O40/c1-83-43-3-5-45-85-87-47-7-9-49-89-91-51-11-13-53-93-95-55-15-17-57-97-99-59-19-21-61-101-103-63-23-25-65-105-107-67-27-29-69-109-111-71-31-33-73-113-115-75-35-37-77-117-119-79-39-41-81-121-122-82-42-40-80-120-118-78-38-36-76-116-114-74-34-32-72-112-110-70-30-28-68-108-106-66-26-24-64-104-102-62-22-20-60-100-98-58-18-16-56-96-94-54-14-12-52-92-90-50-10-8-48-88-86-46-6-4-44-84-2/h3-82H2,1-2H3. The molecule has 0 spiro atoms. The van der Waals surface area contributed by atoms with Crippen LogP contribution < -0.4 is 0 Å². The summed E-state index contributed by atoms with van der Waals surface area (Å²) in [6.45, 7) is 20.2. The van der Waals surface area contributed by atoms with Gasteiger partial charge < -0.3 is 9.47 Å². The molecule has 0 N–H and O–H groups in total. The maximum atomic E-state index is 5.24. The van der Waals surface area contributed by atoms with Crippen molar-refractivity contribution in [1.29, 1.82) is 0 Å². The average Bonchev–Trinajstić information content (AvgIpc) is 1.30. The van der Waals surface area contributed by atoms with Gasteiger partial charge in [0.1, 0.15) is 0 Å². The second kappa shape index (κ2) is 119. The Balaban J connectivity index is 3.10. The molecular weight excluding hydrogens is 1620 g/mol. The summed E-state index contributed by atoms with van der Waals surface area (Å²) in [6.07, 6.45) is 32.5. The second-order valence-electron chi connectivity index (χ2n) is 27.4. The van der Waals surface area contributed by atoms with E-state index >= 15 is 0 Å². The van der Waals surface area contributed by atoms with E-state index in [1.807, 2.05) is 0 Å². The van der Waals surface area contributed by atoms with E-state index in [9.17, 15) is 0 Å². The van der Waals surface area contributed by atoms with E-state index in [-0.39, 0.29) is 0 Å². The lowest BCUT2D eigenvalue weighted by Crippen LogP contribution is -2.05. The topological polar surface area (TPSA) is 369 Å². The smallest absolute Gasteiger partial charge is 0.0823 e. The number of unbranched alkanes of at least 4 members (excludes halogenated alkanes) is 20. The summed E-state index contributed by atoms with van der Waals surface area (Å²) in [5, 5.41) is 0. The number of hydrogen-bond acceptors (Lipinski definition) is 40. The number of rotatable bonds is 119. The third-order valence-electron chi connectivity index (χ3n) is 15.9. The first-order valence-electron chi connectivity index (χ1n) is 45.5. The van der Waals surface area contributed by atoms with E-state index in [0.717, 1.165) is 270 Å². The van der Waals surface area contributed by atoms with Gasteiger partial charge in [-0.1, -0.05) is 0 Å². The van der Waals surface area contributed by atoms with Crippen molar-refractivity contribution in [2.24, 2.45) is 0 Å². The molecule has 0 atom stereocenters. The molecular formula is C82H166O40. The van der Waals surface area contributed by atoms with Gasteiger partial charge >= 0.3 is 0 Å². The lowest BCUT2D eigenvalue weighted by Gasteiger charge is -2.07. The molecule has 734 valence electrons. The van der Waals surface area contributed by atoms with Crippen LogP contribution >= 0.6 is 0 Å². The number of ether oxygens (including phenoxy) is 2. The van der Waals surface area contributed by atoms with Crippen molar-refractivity contribution in [3.05, 3.63) is 0 Å². The molecule has 0 fully saturated rings. The highest BCUT2D eigenvalue weighted by atomic mass is 17.3. The van der Waals surface area contributed by atoms with Crippen LogP contribution in [-0.2, 0) is 195 Å². The molecule has 0 saturated carbocycles. The summed E-state index contributed by atoms with van der Waals surface area (Å²) in [4.78, 5) is 198. The van der Waals surface area contributed by atoms with Crippen LogP contribution in [0, 0.1) is 0 Å². The second-order valence-corrected chi connectivity index (χ2v) is 27.4. The minimum atomic E-state index is 0.475. The first-order valence-corrected chi connectivity index (χ1v) is 45.5. The van der Waals surface area contributed by atoms with E-state index in [4.69, 9.17) is 195 Å². The highest BCUT2D eigenvalue weighted by molar-refractivity contribution is 4.46. The lowest BCUT2D eigenvalue weighted by atomic mass is 10.3. The minimum absolute atomic E-state index is 0.475. The zero-order valence-electron chi connectivity index (χ0n) is 74.9. The van der Waals surface area contributed by atoms with Crippen molar-refractivity contribution in [2.75, 3.05) is 278 Å².